The van der Waals surface area contributed by atoms with Gasteiger partial charge in [0.1, 0.15) is 5.58 Å². The molecule has 24 aromatic rings. The monoisotopic (exact) mass is 2460 g/mol. The second-order valence-electron chi connectivity index (χ2n) is 29.4. The molecule has 0 atom stereocenters. The summed E-state index contributed by atoms with van der Waals surface area (Å²) in [7, 11) is 0. The van der Waals surface area contributed by atoms with Gasteiger partial charge in [-0.25, -0.2) is 15.0 Å². The van der Waals surface area contributed by atoms with Gasteiger partial charge >= 0.3 is 0 Å². The van der Waals surface area contributed by atoms with Crippen LogP contribution in [0.25, 0.3) is 178 Å². The van der Waals surface area contributed by atoms with Crippen LogP contribution in [0.3, 0.4) is 0 Å². The van der Waals surface area contributed by atoms with E-state index in [1.807, 2.05) is 286 Å². The zero-order chi connectivity index (χ0) is 93.6. The first-order chi connectivity index (χ1) is 66.5. The molecule has 24 rings (SSSR count). The quantitative estimate of drug-likeness (QED) is 0.123. The minimum Gasteiger partial charge on any atom is -0.499 e. The first-order valence-electron chi connectivity index (χ1n) is 44.6. The van der Waals surface area contributed by atoms with Crippen molar-refractivity contribution in [3.8, 4) is 90.1 Å². The van der Waals surface area contributed by atoms with Gasteiger partial charge in [0.2, 0.25) is 17.1 Å². The van der Waals surface area contributed by atoms with Gasteiger partial charge in [-0.05, 0) is 174 Å². The molecule has 0 saturated carbocycles. The van der Waals surface area contributed by atoms with Crippen LogP contribution in [0.4, 0.5) is 0 Å². The van der Waals surface area contributed by atoms with E-state index in [-0.39, 0.29) is 91.5 Å². The number of furan rings is 4. The van der Waals surface area contributed by atoms with Gasteiger partial charge in [0.15, 0.2) is 0 Å². The second kappa shape index (κ2) is 48.0. The average molecular weight is 2460 g/mol. The predicted octanol–water partition coefficient (Wildman–Crippen LogP) is 27.6. The maximum Gasteiger partial charge on any atom is 0.216 e. The van der Waals surface area contributed by atoms with E-state index in [1.54, 1.807) is 80.0 Å². The molecule has 8 aromatic carbocycles. The van der Waals surface area contributed by atoms with Gasteiger partial charge < -0.3 is 57.5 Å². The predicted molar refractivity (Wildman–Crippen MR) is 517 cm³/mol. The largest absolute Gasteiger partial charge is 0.499 e. The molecule has 0 saturated heterocycles. The third-order valence-corrected chi connectivity index (χ3v) is 20.3. The second-order valence-corrected chi connectivity index (χ2v) is 29.4. The van der Waals surface area contributed by atoms with Gasteiger partial charge in [-0.15, -0.1) is 233 Å². The molecule has 0 spiro atoms. The summed E-state index contributed by atoms with van der Waals surface area (Å²) in [5.74, 6) is 0.457. The fraction of sp³-hybridized carbons (Fsp3) is 0.0526. The van der Waals surface area contributed by atoms with Gasteiger partial charge in [-0.2, -0.15) is 0 Å². The molecular formula is C114H80Ir4N12O4-8. The average Bonchev–Trinajstić information content (AvgIpc) is 1.59. The minimum atomic E-state index is -2.50. The van der Waals surface area contributed by atoms with Crippen molar-refractivity contribution >= 4 is 88.3 Å². The van der Waals surface area contributed by atoms with Crippen molar-refractivity contribution < 1.29 is 106 Å². The van der Waals surface area contributed by atoms with Crippen molar-refractivity contribution in [1.29, 1.82) is 0 Å². The number of aromatic nitrogens is 12. The summed E-state index contributed by atoms with van der Waals surface area (Å²) in [6.07, 6.45) is 20.7. The van der Waals surface area contributed by atoms with E-state index in [0.29, 0.717) is 34.3 Å². The number of aryl methyl sites for hydroxylation is 3. The van der Waals surface area contributed by atoms with Gasteiger partial charge in [0, 0.05) is 179 Å². The smallest absolute Gasteiger partial charge is 0.216 e. The summed E-state index contributed by atoms with van der Waals surface area (Å²) in [4.78, 5) is 51.4. The van der Waals surface area contributed by atoms with Crippen LogP contribution in [0.2, 0.25) is 0 Å². The molecule has 0 bridgehead atoms. The fourth-order valence-electron chi connectivity index (χ4n) is 13.9. The Balaban J connectivity index is 0.000000135. The molecule has 134 heavy (non-hydrogen) atoms. The molecule has 0 N–H and O–H groups in total. The van der Waals surface area contributed by atoms with Crippen LogP contribution in [0.1, 0.15) is 50.2 Å². The Bertz CT molecular complexity index is 7560. The summed E-state index contributed by atoms with van der Waals surface area (Å²) in [6, 6.07) is 126. The molecule has 20 heteroatoms. The zero-order valence-electron chi connectivity index (χ0n) is 77.9. The molecular weight excluding hydrogens is 2370 g/mol. The normalized spacial score (nSPS) is 11.3. The van der Waals surface area contributed by atoms with Crippen LogP contribution in [0, 0.1) is 69.2 Å². The van der Waals surface area contributed by atoms with Gasteiger partial charge in [-0.3, -0.25) is 4.98 Å². The van der Waals surface area contributed by atoms with E-state index >= 15 is 0 Å². The maximum absolute atomic E-state index is 7.50. The number of hydrogen-bond acceptors (Lipinski definition) is 16. The third kappa shape index (κ3) is 24.4. The Morgan fingerprint density at radius 3 is 1.09 bits per heavy atom. The standard InChI is InChI=1S/C19H15N2O.3C16H9N2O.C13H12N.C12H10N.2C11H8N.4Ir/c1-12(2)13-8-10-20-17(11-13)16-6-3-5-14-15-7-4-9-21-19(15)22-18(14)16;2*1-2-8-17-14(5-1)11-6-7-15-13(10-11)12-4-3-9-18-16(12)19-15;1-2-8-17-13(4-1)11-6-7-14-12(10-11)16-15(19-14)5-3-9-18-16;1-10-8-13(14-9-11(10)2)12-6-4-3-5-7-12;1-10-7-8-12(13-9-10)11-5-3-2-4-6-11;2*1-2-6-10(7-3-1)11-8-4-5-9-12-11;;;;/h3-5,7-12H,1-2H3;3*1-5,7-10H;3-6,8-9H,1-2H3;2-5,7-9H,1H3;2*1-6,8-9H;;;;/q8*-1;;;;/i;;;;1D3,2D3;;;;;;;. The summed E-state index contributed by atoms with van der Waals surface area (Å²) in [5, 5.41) is 7.19. The van der Waals surface area contributed by atoms with Crippen molar-refractivity contribution in [2.45, 2.75) is 40.4 Å². The molecule has 0 amide bonds. The van der Waals surface area contributed by atoms with Crippen LogP contribution in [-0.2, 0) is 80.4 Å². The van der Waals surface area contributed by atoms with E-state index in [0.717, 1.165) is 156 Å². The van der Waals surface area contributed by atoms with E-state index in [9.17, 15) is 0 Å². The van der Waals surface area contributed by atoms with Crippen molar-refractivity contribution in [2.24, 2.45) is 0 Å². The number of nitrogens with zero attached hydrogens (tertiary/aromatic N) is 12. The molecule has 664 valence electrons. The van der Waals surface area contributed by atoms with E-state index in [1.165, 1.54) is 17.2 Å². The summed E-state index contributed by atoms with van der Waals surface area (Å²) in [5.41, 5.74) is 23.2. The molecule has 16 heterocycles. The Morgan fingerprint density at radius 1 is 0.261 bits per heavy atom. The van der Waals surface area contributed by atoms with Crippen molar-refractivity contribution in [1.82, 2.24) is 59.8 Å². The van der Waals surface area contributed by atoms with Crippen LogP contribution < -0.4 is 0 Å². The van der Waals surface area contributed by atoms with Crippen molar-refractivity contribution in [3.05, 3.63) is 461 Å². The Morgan fingerprint density at radius 2 is 0.657 bits per heavy atom. The van der Waals surface area contributed by atoms with Crippen LogP contribution in [0.5, 0.6) is 0 Å². The molecule has 4 radical (unpaired) electrons. The van der Waals surface area contributed by atoms with Crippen LogP contribution in [-0.4, -0.2) is 59.8 Å². The number of benzene rings is 8. The first-order valence-corrected chi connectivity index (χ1v) is 41.6. The molecule has 16 aromatic heterocycles. The minimum absolute atomic E-state index is 0. The SMILES string of the molecule is CC(C)c1ccnc(-c2[c-]ccc3c2oc2ncccc23)c1.Cc1ccc(-c2[c-]cccc2)nc1.[2H]C([2H])([2H])c1cnc(-c2[c-]cccc2)cc1C([2H])([2H])[2H].[Ir].[Ir].[Ir].[Ir].[c-]1cc2oc3cccnc3c2cc1-c1ccccn1.[c-]1cc2oc3ncccc3c2cc1-c1ccccn1.[c-]1cc2oc3ncccc3c2cc1-c1ccccn1.[c-]1ccccc1-c1ccccn1.[c-]1ccccc1-c1ccccn1. The molecule has 0 aliphatic rings. The molecule has 0 unspecified atom stereocenters. The molecule has 0 aliphatic heterocycles. The summed E-state index contributed by atoms with van der Waals surface area (Å²) in [6.45, 7) is 1.38. The van der Waals surface area contributed by atoms with Gasteiger partial charge in [-0.1, -0.05) is 132 Å². The van der Waals surface area contributed by atoms with Crippen molar-refractivity contribution in [2.75, 3.05) is 0 Å². The van der Waals surface area contributed by atoms with Crippen LogP contribution in [0.15, 0.2) is 407 Å². The van der Waals surface area contributed by atoms with Crippen molar-refractivity contribution in [3.63, 3.8) is 0 Å². The first kappa shape index (κ1) is 88.6. The fourth-order valence-corrected chi connectivity index (χ4v) is 13.9. The Hall–Kier alpha value is -14.6. The molecule has 16 nitrogen and oxygen atoms in total. The number of rotatable bonds is 9. The van der Waals surface area contributed by atoms with Gasteiger partial charge in [0.05, 0.1) is 27.8 Å². The molecule has 0 aliphatic carbocycles. The Kier molecular flexibility index (Phi) is 31.7. The summed E-state index contributed by atoms with van der Waals surface area (Å²) < 4.78 is 67.8. The zero-order valence-corrected chi connectivity index (χ0v) is 81.4. The van der Waals surface area contributed by atoms with E-state index < -0.39 is 13.7 Å². The van der Waals surface area contributed by atoms with Crippen LogP contribution >= 0.6 is 0 Å². The third-order valence-electron chi connectivity index (χ3n) is 20.3. The van der Waals surface area contributed by atoms with Gasteiger partial charge in [0.25, 0.3) is 0 Å². The maximum atomic E-state index is 7.50. The topological polar surface area (TPSA) is 207 Å². The summed E-state index contributed by atoms with van der Waals surface area (Å²) >= 11 is 0. The Labute approximate surface area is 838 Å². The molecule has 0 fully saturated rings. The number of pyridine rings is 12. The van der Waals surface area contributed by atoms with E-state index in [4.69, 9.17) is 25.9 Å². The number of hydrogen-bond donors (Lipinski definition) is 0. The van der Waals surface area contributed by atoms with E-state index in [2.05, 4.69) is 140 Å². The number of fused-ring (bicyclic) bond motifs is 12.